The van der Waals surface area contributed by atoms with Gasteiger partial charge in [-0.25, -0.2) is 4.98 Å². The van der Waals surface area contributed by atoms with Gasteiger partial charge in [0.25, 0.3) is 0 Å². The number of anilines is 1. The van der Waals surface area contributed by atoms with Crippen LogP contribution in [-0.2, 0) is 13.0 Å². The molecule has 0 saturated carbocycles. The Morgan fingerprint density at radius 3 is 2.60 bits per heavy atom. The van der Waals surface area contributed by atoms with Crippen molar-refractivity contribution in [2.75, 3.05) is 12.8 Å². The van der Waals surface area contributed by atoms with E-state index < -0.39 is 0 Å². The lowest BCUT2D eigenvalue weighted by Gasteiger charge is -2.07. The van der Waals surface area contributed by atoms with E-state index in [1.807, 2.05) is 36.4 Å². The van der Waals surface area contributed by atoms with Gasteiger partial charge < -0.3 is 15.0 Å². The highest BCUT2D eigenvalue weighted by molar-refractivity contribution is 5.78. The highest BCUT2D eigenvalue weighted by Crippen LogP contribution is 2.18. The minimum atomic E-state index is 0.569. The molecule has 2 aromatic carbocycles. The molecule has 0 aliphatic rings. The molecule has 1 aromatic heterocycles. The van der Waals surface area contributed by atoms with Crippen molar-refractivity contribution in [3.05, 3.63) is 54.1 Å². The van der Waals surface area contributed by atoms with Gasteiger partial charge in [-0.3, -0.25) is 0 Å². The third-order valence-corrected chi connectivity index (χ3v) is 3.47. The monoisotopic (exact) mass is 267 g/mol. The van der Waals surface area contributed by atoms with Gasteiger partial charge in [-0.1, -0.05) is 24.3 Å². The minimum absolute atomic E-state index is 0.569. The smallest absolute Gasteiger partial charge is 0.201 e. The van der Waals surface area contributed by atoms with Crippen LogP contribution in [0.5, 0.6) is 5.75 Å². The van der Waals surface area contributed by atoms with E-state index in [1.165, 1.54) is 5.56 Å². The summed E-state index contributed by atoms with van der Waals surface area (Å²) in [6, 6.07) is 16.1. The fourth-order valence-corrected chi connectivity index (χ4v) is 2.36. The van der Waals surface area contributed by atoms with Crippen LogP contribution < -0.4 is 10.5 Å². The number of hydrogen-bond acceptors (Lipinski definition) is 3. The molecule has 0 bridgehead atoms. The third kappa shape index (κ3) is 2.32. The van der Waals surface area contributed by atoms with Gasteiger partial charge in [0.05, 0.1) is 18.1 Å². The highest BCUT2D eigenvalue weighted by Gasteiger charge is 2.07. The zero-order chi connectivity index (χ0) is 13.9. The highest BCUT2D eigenvalue weighted by atomic mass is 16.5. The number of imidazole rings is 1. The van der Waals surface area contributed by atoms with E-state index in [0.717, 1.165) is 29.7 Å². The van der Waals surface area contributed by atoms with Crippen LogP contribution in [0.15, 0.2) is 48.5 Å². The van der Waals surface area contributed by atoms with Gasteiger partial charge in [-0.15, -0.1) is 0 Å². The lowest BCUT2D eigenvalue weighted by Crippen LogP contribution is -2.05. The molecule has 0 atom stereocenters. The van der Waals surface area contributed by atoms with Gasteiger partial charge in [0.15, 0.2) is 0 Å². The van der Waals surface area contributed by atoms with E-state index in [9.17, 15) is 0 Å². The van der Waals surface area contributed by atoms with Crippen molar-refractivity contribution >= 4 is 17.0 Å². The second-order valence-electron chi connectivity index (χ2n) is 4.71. The molecule has 0 aliphatic carbocycles. The van der Waals surface area contributed by atoms with Crippen molar-refractivity contribution in [1.29, 1.82) is 0 Å². The summed E-state index contributed by atoms with van der Waals surface area (Å²) >= 11 is 0. The number of methoxy groups -OCH3 is 1. The zero-order valence-corrected chi connectivity index (χ0v) is 11.4. The number of nitrogens with zero attached hydrogens (tertiary/aromatic N) is 2. The summed E-state index contributed by atoms with van der Waals surface area (Å²) in [7, 11) is 1.67. The van der Waals surface area contributed by atoms with Crippen molar-refractivity contribution in [3.63, 3.8) is 0 Å². The Hall–Kier alpha value is -2.49. The Morgan fingerprint density at radius 2 is 1.85 bits per heavy atom. The number of para-hydroxylation sites is 2. The summed E-state index contributed by atoms with van der Waals surface area (Å²) in [6.45, 7) is 0.818. The average molecular weight is 267 g/mol. The Morgan fingerprint density at radius 1 is 1.10 bits per heavy atom. The molecular weight excluding hydrogens is 250 g/mol. The molecule has 0 amide bonds. The zero-order valence-electron chi connectivity index (χ0n) is 11.4. The maximum Gasteiger partial charge on any atom is 0.201 e. The molecular formula is C16H17N3O. The fraction of sp³-hybridized carbons (Fsp3) is 0.188. The molecule has 0 saturated heterocycles. The summed E-state index contributed by atoms with van der Waals surface area (Å²) in [4.78, 5) is 4.37. The van der Waals surface area contributed by atoms with Crippen LogP contribution in [0.1, 0.15) is 5.56 Å². The molecule has 0 unspecified atom stereocenters. The quantitative estimate of drug-likeness (QED) is 0.790. The molecule has 102 valence electrons. The first-order chi connectivity index (χ1) is 9.78. The predicted molar refractivity (Wildman–Crippen MR) is 80.8 cm³/mol. The number of aromatic nitrogens is 2. The van der Waals surface area contributed by atoms with Crippen LogP contribution in [0.2, 0.25) is 0 Å². The van der Waals surface area contributed by atoms with Gasteiger partial charge in [0.2, 0.25) is 5.95 Å². The molecule has 4 heteroatoms. The van der Waals surface area contributed by atoms with Crippen molar-refractivity contribution in [2.45, 2.75) is 13.0 Å². The van der Waals surface area contributed by atoms with E-state index in [1.54, 1.807) is 7.11 Å². The summed E-state index contributed by atoms with van der Waals surface area (Å²) in [5.41, 5.74) is 9.27. The standard InChI is InChI=1S/C16H17N3O/c1-20-13-8-6-12(7-9-13)10-11-19-15-5-3-2-4-14(15)18-16(19)17/h2-9H,10-11H2,1H3,(H2,17,18). The molecule has 0 spiro atoms. The average Bonchev–Trinajstić information content (AvgIpc) is 2.81. The van der Waals surface area contributed by atoms with Crippen molar-refractivity contribution in [1.82, 2.24) is 9.55 Å². The van der Waals surface area contributed by atoms with Crippen LogP contribution in [0, 0.1) is 0 Å². The largest absolute Gasteiger partial charge is 0.497 e. The molecule has 0 aliphatic heterocycles. The Bertz CT molecular complexity index is 716. The second kappa shape index (κ2) is 5.25. The van der Waals surface area contributed by atoms with Gasteiger partial charge >= 0.3 is 0 Å². The molecule has 4 nitrogen and oxygen atoms in total. The molecule has 0 fully saturated rings. The van der Waals surface area contributed by atoms with Crippen LogP contribution in [0.3, 0.4) is 0 Å². The molecule has 2 N–H and O–H groups in total. The summed E-state index contributed by atoms with van der Waals surface area (Å²) in [6.07, 6.45) is 0.911. The van der Waals surface area contributed by atoms with E-state index in [-0.39, 0.29) is 0 Å². The van der Waals surface area contributed by atoms with Gasteiger partial charge in [-0.05, 0) is 36.2 Å². The Kier molecular flexibility index (Phi) is 3.29. The maximum atomic E-state index is 5.99. The second-order valence-corrected chi connectivity index (χ2v) is 4.71. The van der Waals surface area contributed by atoms with E-state index in [2.05, 4.69) is 21.7 Å². The van der Waals surface area contributed by atoms with E-state index >= 15 is 0 Å². The molecule has 20 heavy (non-hydrogen) atoms. The molecule has 3 aromatic rings. The van der Waals surface area contributed by atoms with Crippen molar-refractivity contribution in [2.24, 2.45) is 0 Å². The first kappa shape index (κ1) is 12.5. The number of hydrogen-bond donors (Lipinski definition) is 1. The normalized spacial score (nSPS) is 10.8. The number of fused-ring (bicyclic) bond motifs is 1. The lowest BCUT2D eigenvalue weighted by molar-refractivity contribution is 0.414. The molecule has 3 rings (SSSR count). The van der Waals surface area contributed by atoms with Crippen LogP contribution in [0.4, 0.5) is 5.95 Å². The number of rotatable bonds is 4. The Balaban J connectivity index is 1.80. The third-order valence-electron chi connectivity index (χ3n) is 3.47. The van der Waals surface area contributed by atoms with Crippen LogP contribution in [0.25, 0.3) is 11.0 Å². The van der Waals surface area contributed by atoms with Gasteiger partial charge in [-0.2, -0.15) is 0 Å². The number of benzene rings is 2. The number of aryl methyl sites for hydroxylation is 2. The molecule has 0 radical (unpaired) electrons. The summed E-state index contributed by atoms with van der Waals surface area (Å²) < 4.78 is 7.22. The topological polar surface area (TPSA) is 53.1 Å². The summed E-state index contributed by atoms with van der Waals surface area (Å²) in [5.74, 6) is 1.45. The lowest BCUT2D eigenvalue weighted by atomic mass is 10.1. The maximum absolute atomic E-state index is 5.99. The number of ether oxygens (including phenoxy) is 1. The number of nitrogen functional groups attached to an aromatic ring is 1. The first-order valence-corrected chi connectivity index (χ1v) is 6.61. The van der Waals surface area contributed by atoms with Crippen molar-refractivity contribution in [3.8, 4) is 5.75 Å². The minimum Gasteiger partial charge on any atom is -0.497 e. The molecule has 1 heterocycles. The number of nitrogens with two attached hydrogens (primary N) is 1. The predicted octanol–water partition coefficient (Wildman–Crippen LogP) is 2.87. The van der Waals surface area contributed by atoms with E-state index in [0.29, 0.717) is 5.95 Å². The van der Waals surface area contributed by atoms with Crippen molar-refractivity contribution < 1.29 is 4.74 Å². The van der Waals surface area contributed by atoms with Gasteiger partial charge in [0, 0.05) is 6.54 Å². The van der Waals surface area contributed by atoms with Crippen LogP contribution >= 0.6 is 0 Å². The SMILES string of the molecule is COc1ccc(CCn2c(N)nc3ccccc32)cc1. The summed E-state index contributed by atoms with van der Waals surface area (Å²) in [5, 5.41) is 0. The van der Waals surface area contributed by atoms with E-state index in [4.69, 9.17) is 10.5 Å². The first-order valence-electron chi connectivity index (χ1n) is 6.61. The fourth-order valence-electron chi connectivity index (χ4n) is 2.36. The Labute approximate surface area is 117 Å². The van der Waals surface area contributed by atoms with Gasteiger partial charge in [0.1, 0.15) is 5.75 Å². The van der Waals surface area contributed by atoms with Crippen LogP contribution in [-0.4, -0.2) is 16.7 Å².